The first-order valence-electron chi connectivity index (χ1n) is 5.10. The Morgan fingerprint density at radius 1 is 1.50 bits per heavy atom. The smallest absolute Gasteiger partial charge is 0.239 e. The zero-order valence-electron chi connectivity index (χ0n) is 9.43. The lowest BCUT2D eigenvalue weighted by Gasteiger charge is -2.21. The molecule has 0 rings (SSSR count). The lowest BCUT2D eigenvalue weighted by Crippen LogP contribution is -2.51. The summed E-state index contributed by atoms with van der Waals surface area (Å²) in [6.45, 7) is 4.43. The molecule has 0 saturated heterocycles. The first kappa shape index (κ1) is 13.8. The van der Waals surface area contributed by atoms with Crippen LogP contribution >= 0.6 is 11.8 Å². The summed E-state index contributed by atoms with van der Waals surface area (Å²) in [5, 5.41) is 2.86. The van der Waals surface area contributed by atoms with Crippen LogP contribution in [0.25, 0.3) is 0 Å². The van der Waals surface area contributed by atoms with Crippen molar-refractivity contribution >= 4 is 17.7 Å². The van der Waals surface area contributed by atoms with Crippen molar-refractivity contribution in [3.8, 4) is 0 Å². The van der Waals surface area contributed by atoms with Crippen molar-refractivity contribution in [2.75, 3.05) is 18.6 Å². The van der Waals surface area contributed by atoms with Gasteiger partial charge in [-0.1, -0.05) is 6.92 Å². The average molecular weight is 218 g/mol. The quantitative estimate of drug-likeness (QED) is 0.635. The molecule has 84 valence electrons. The van der Waals surface area contributed by atoms with E-state index in [4.69, 9.17) is 5.73 Å². The number of nitrogens with two attached hydrogens (primary N) is 1. The van der Waals surface area contributed by atoms with Crippen molar-refractivity contribution in [1.29, 1.82) is 0 Å². The van der Waals surface area contributed by atoms with Crippen LogP contribution in [0.2, 0.25) is 0 Å². The lowest BCUT2D eigenvalue weighted by atomic mass is 9.99. The maximum atomic E-state index is 11.5. The highest BCUT2D eigenvalue weighted by Gasteiger charge is 2.24. The van der Waals surface area contributed by atoms with E-state index in [0.717, 1.165) is 25.1 Å². The van der Waals surface area contributed by atoms with Gasteiger partial charge in [0.05, 0.1) is 5.54 Å². The molecular weight excluding hydrogens is 196 g/mol. The highest BCUT2D eigenvalue weighted by molar-refractivity contribution is 7.98. The number of unbranched alkanes of at least 4 members (excludes halogenated alkanes) is 1. The summed E-state index contributed by atoms with van der Waals surface area (Å²) < 4.78 is 0. The molecule has 1 atom stereocenters. The molecule has 0 aliphatic carbocycles. The molecule has 4 heteroatoms. The second kappa shape index (κ2) is 7.12. The Labute approximate surface area is 91.2 Å². The number of nitrogens with one attached hydrogen (secondary N) is 1. The zero-order chi connectivity index (χ0) is 11.0. The summed E-state index contributed by atoms with van der Waals surface area (Å²) in [5.74, 6) is 1.12. The van der Waals surface area contributed by atoms with E-state index in [1.165, 1.54) is 0 Å². The van der Waals surface area contributed by atoms with Gasteiger partial charge in [0.2, 0.25) is 5.91 Å². The summed E-state index contributed by atoms with van der Waals surface area (Å²) >= 11 is 1.83. The number of hydrogen-bond acceptors (Lipinski definition) is 3. The van der Waals surface area contributed by atoms with Crippen LogP contribution in [-0.4, -0.2) is 30.0 Å². The van der Waals surface area contributed by atoms with Crippen molar-refractivity contribution in [3.05, 3.63) is 0 Å². The van der Waals surface area contributed by atoms with E-state index in [9.17, 15) is 4.79 Å². The number of carbonyl (C=O) groups is 1. The number of carbonyl (C=O) groups excluding carboxylic acids is 1. The molecule has 0 aromatic heterocycles. The topological polar surface area (TPSA) is 55.1 Å². The zero-order valence-corrected chi connectivity index (χ0v) is 10.2. The third-order valence-electron chi connectivity index (χ3n) is 2.31. The minimum atomic E-state index is -0.709. The van der Waals surface area contributed by atoms with Crippen LogP contribution in [0.1, 0.15) is 33.1 Å². The summed E-state index contributed by atoms with van der Waals surface area (Å²) in [5.41, 5.74) is 5.08. The number of rotatable bonds is 7. The molecule has 0 fully saturated rings. The van der Waals surface area contributed by atoms with E-state index >= 15 is 0 Å². The molecule has 3 N–H and O–H groups in total. The lowest BCUT2D eigenvalue weighted by molar-refractivity contribution is -0.125. The van der Waals surface area contributed by atoms with Gasteiger partial charge in [0, 0.05) is 6.54 Å². The second-order valence-electron chi connectivity index (χ2n) is 3.73. The van der Waals surface area contributed by atoms with Crippen molar-refractivity contribution in [2.24, 2.45) is 5.73 Å². The van der Waals surface area contributed by atoms with Gasteiger partial charge in [-0.2, -0.15) is 11.8 Å². The first-order valence-corrected chi connectivity index (χ1v) is 6.50. The van der Waals surface area contributed by atoms with Crippen molar-refractivity contribution in [3.63, 3.8) is 0 Å². The van der Waals surface area contributed by atoms with Crippen LogP contribution in [0, 0.1) is 0 Å². The number of hydrogen-bond donors (Lipinski definition) is 2. The van der Waals surface area contributed by atoms with E-state index in [1.807, 2.05) is 18.7 Å². The minimum absolute atomic E-state index is 0.0378. The number of thioether (sulfide) groups is 1. The third-order valence-corrected chi connectivity index (χ3v) is 3.01. The van der Waals surface area contributed by atoms with E-state index in [-0.39, 0.29) is 5.91 Å². The molecule has 1 unspecified atom stereocenters. The Morgan fingerprint density at radius 2 is 2.14 bits per heavy atom. The van der Waals surface area contributed by atoms with Crippen LogP contribution in [0.3, 0.4) is 0 Å². The Balaban J connectivity index is 3.54. The van der Waals surface area contributed by atoms with Gasteiger partial charge in [0.15, 0.2) is 0 Å². The van der Waals surface area contributed by atoms with Crippen molar-refractivity contribution < 1.29 is 4.79 Å². The van der Waals surface area contributed by atoms with Crippen LogP contribution in [0.5, 0.6) is 0 Å². The van der Waals surface area contributed by atoms with Crippen LogP contribution < -0.4 is 11.1 Å². The van der Waals surface area contributed by atoms with Gasteiger partial charge in [-0.05, 0) is 38.2 Å². The number of amides is 1. The molecule has 0 saturated carbocycles. The van der Waals surface area contributed by atoms with Crippen molar-refractivity contribution in [2.45, 2.75) is 38.6 Å². The van der Waals surface area contributed by atoms with E-state index in [0.29, 0.717) is 6.42 Å². The SMILES string of the molecule is CCC(C)(N)C(=O)NCCCCSC. The van der Waals surface area contributed by atoms with Gasteiger partial charge in [-0.3, -0.25) is 4.79 Å². The molecule has 0 aliphatic rings. The highest BCUT2D eigenvalue weighted by atomic mass is 32.2. The first-order chi connectivity index (χ1) is 6.54. The molecule has 0 aromatic carbocycles. The Hall–Kier alpha value is -0.220. The summed E-state index contributed by atoms with van der Waals surface area (Å²) in [6.07, 6.45) is 4.94. The maximum absolute atomic E-state index is 11.5. The van der Waals surface area contributed by atoms with Gasteiger partial charge in [0.25, 0.3) is 0 Å². The van der Waals surface area contributed by atoms with Gasteiger partial charge >= 0.3 is 0 Å². The second-order valence-corrected chi connectivity index (χ2v) is 4.71. The fourth-order valence-corrected chi connectivity index (χ4v) is 1.43. The Morgan fingerprint density at radius 3 is 2.64 bits per heavy atom. The standard InChI is InChI=1S/C10H22N2OS/c1-4-10(2,11)9(13)12-7-5-6-8-14-3/h4-8,11H2,1-3H3,(H,12,13). The fourth-order valence-electron chi connectivity index (χ4n) is 0.936. The summed E-state index contributed by atoms with van der Waals surface area (Å²) in [7, 11) is 0. The monoisotopic (exact) mass is 218 g/mol. The predicted molar refractivity (Wildman–Crippen MR) is 63.5 cm³/mol. The van der Waals surface area contributed by atoms with E-state index in [1.54, 1.807) is 6.92 Å². The maximum Gasteiger partial charge on any atom is 0.239 e. The van der Waals surface area contributed by atoms with E-state index < -0.39 is 5.54 Å². The molecular formula is C10H22N2OS. The van der Waals surface area contributed by atoms with Gasteiger partial charge in [-0.25, -0.2) is 0 Å². The van der Waals surface area contributed by atoms with Crippen molar-refractivity contribution in [1.82, 2.24) is 5.32 Å². The van der Waals surface area contributed by atoms with Crippen LogP contribution in [0.15, 0.2) is 0 Å². The molecule has 1 amide bonds. The third kappa shape index (κ3) is 5.50. The fraction of sp³-hybridized carbons (Fsp3) is 0.900. The molecule has 0 aliphatic heterocycles. The Bertz CT molecular complexity index is 172. The van der Waals surface area contributed by atoms with Crippen LogP contribution in [0.4, 0.5) is 0 Å². The van der Waals surface area contributed by atoms with Gasteiger partial charge in [0.1, 0.15) is 0 Å². The molecule has 0 bridgehead atoms. The molecule has 0 aromatic rings. The summed E-state index contributed by atoms with van der Waals surface area (Å²) in [4.78, 5) is 11.5. The van der Waals surface area contributed by atoms with E-state index in [2.05, 4.69) is 11.6 Å². The molecule has 3 nitrogen and oxygen atoms in total. The molecule has 0 spiro atoms. The normalized spacial score (nSPS) is 14.9. The molecule has 0 radical (unpaired) electrons. The average Bonchev–Trinajstić information content (AvgIpc) is 2.17. The molecule has 14 heavy (non-hydrogen) atoms. The summed E-state index contributed by atoms with van der Waals surface area (Å²) in [6, 6.07) is 0. The largest absolute Gasteiger partial charge is 0.355 e. The highest BCUT2D eigenvalue weighted by Crippen LogP contribution is 2.04. The van der Waals surface area contributed by atoms with Crippen LogP contribution in [-0.2, 0) is 4.79 Å². The minimum Gasteiger partial charge on any atom is -0.355 e. The predicted octanol–water partition coefficient (Wildman–Crippen LogP) is 1.37. The molecule has 0 heterocycles. The van der Waals surface area contributed by atoms with Gasteiger partial charge < -0.3 is 11.1 Å². The van der Waals surface area contributed by atoms with Gasteiger partial charge in [-0.15, -0.1) is 0 Å². The Kier molecular flexibility index (Phi) is 7.01.